The third kappa shape index (κ3) is 2.99. The van der Waals surface area contributed by atoms with E-state index in [0.717, 1.165) is 27.0 Å². The number of aromatic nitrogens is 1. The lowest BCUT2D eigenvalue weighted by Gasteiger charge is -2.12. The highest BCUT2D eigenvalue weighted by Crippen LogP contribution is 2.28. The van der Waals surface area contributed by atoms with Crippen LogP contribution < -0.4 is 11.1 Å². The second-order valence-corrected chi connectivity index (χ2v) is 5.66. The Hall–Kier alpha value is -1.88. The maximum Gasteiger partial charge on any atom is 0.259 e. The largest absolute Gasteiger partial charge is 0.398 e. The zero-order chi connectivity index (χ0) is 14.9. The van der Waals surface area contributed by atoms with Crippen LogP contribution in [-0.2, 0) is 0 Å². The second-order valence-electron chi connectivity index (χ2n) is 4.81. The van der Waals surface area contributed by atoms with E-state index < -0.39 is 0 Å². The van der Waals surface area contributed by atoms with Gasteiger partial charge in [0, 0.05) is 22.1 Å². The number of carbonyl (C=O) groups is 1. The molecule has 3 N–H and O–H groups in total. The maximum atomic E-state index is 12.3. The molecule has 1 aromatic heterocycles. The molecule has 0 saturated carbocycles. The van der Waals surface area contributed by atoms with Crippen LogP contribution in [0, 0.1) is 20.8 Å². The van der Waals surface area contributed by atoms with Gasteiger partial charge in [0.05, 0.1) is 11.3 Å². The smallest absolute Gasteiger partial charge is 0.259 e. The third-order valence-corrected chi connectivity index (χ3v) is 3.61. The molecule has 1 heterocycles. The van der Waals surface area contributed by atoms with E-state index in [0.29, 0.717) is 11.3 Å². The highest BCUT2D eigenvalue weighted by Gasteiger charge is 2.14. The number of rotatable bonds is 2. The molecule has 4 nitrogen and oxygen atoms in total. The van der Waals surface area contributed by atoms with Crippen molar-refractivity contribution in [3.05, 3.63) is 51.3 Å². The molecule has 5 heteroatoms. The van der Waals surface area contributed by atoms with Crippen LogP contribution in [0.2, 0.25) is 0 Å². The van der Waals surface area contributed by atoms with E-state index in [9.17, 15) is 4.79 Å². The van der Waals surface area contributed by atoms with Crippen LogP contribution in [0.1, 0.15) is 27.2 Å². The van der Waals surface area contributed by atoms with Gasteiger partial charge in [0.25, 0.3) is 5.91 Å². The first kappa shape index (κ1) is 14.5. The number of hydrogen-bond acceptors (Lipinski definition) is 3. The van der Waals surface area contributed by atoms with Gasteiger partial charge in [0.2, 0.25) is 0 Å². The van der Waals surface area contributed by atoms with Crippen molar-refractivity contribution in [2.45, 2.75) is 20.8 Å². The quantitative estimate of drug-likeness (QED) is 0.882. The topological polar surface area (TPSA) is 68.0 Å². The first-order valence-electron chi connectivity index (χ1n) is 6.18. The van der Waals surface area contributed by atoms with Gasteiger partial charge in [0.1, 0.15) is 0 Å². The molecule has 0 bridgehead atoms. The average Bonchev–Trinajstić information content (AvgIpc) is 2.33. The molecule has 1 aromatic carbocycles. The number of nitrogens with two attached hydrogens (primary N) is 1. The van der Waals surface area contributed by atoms with E-state index in [4.69, 9.17) is 5.73 Å². The predicted octanol–water partition coefficient (Wildman–Crippen LogP) is 3.60. The molecule has 0 aliphatic rings. The van der Waals surface area contributed by atoms with Gasteiger partial charge < -0.3 is 11.1 Å². The standard InChI is InChI=1S/C15H16BrN3O/c1-8-4-9(2)14(12(16)5-8)19-15(20)11-7-18-10(3)6-13(11)17/h4-7H,1-3H3,(H2,17,18)(H,19,20). The number of aryl methyl sites for hydroxylation is 3. The average molecular weight is 334 g/mol. The Kier molecular flexibility index (Phi) is 4.09. The maximum absolute atomic E-state index is 12.3. The Bertz CT molecular complexity index is 660. The minimum Gasteiger partial charge on any atom is -0.398 e. The van der Waals surface area contributed by atoms with Crippen LogP contribution in [0.3, 0.4) is 0 Å². The van der Waals surface area contributed by atoms with Crippen molar-refractivity contribution in [3.63, 3.8) is 0 Å². The minimum atomic E-state index is -0.261. The summed E-state index contributed by atoms with van der Waals surface area (Å²) >= 11 is 3.47. The molecule has 0 saturated heterocycles. The zero-order valence-corrected chi connectivity index (χ0v) is 13.2. The fourth-order valence-electron chi connectivity index (χ4n) is 2.03. The van der Waals surface area contributed by atoms with Crippen LogP contribution >= 0.6 is 15.9 Å². The second kappa shape index (κ2) is 5.63. The van der Waals surface area contributed by atoms with Crippen LogP contribution in [0.15, 0.2) is 28.9 Å². The number of benzene rings is 1. The molecule has 0 fully saturated rings. The molecule has 104 valence electrons. The molecule has 20 heavy (non-hydrogen) atoms. The molecule has 2 aromatic rings. The van der Waals surface area contributed by atoms with Crippen molar-refractivity contribution in [1.82, 2.24) is 4.98 Å². The van der Waals surface area contributed by atoms with E-state index in [1.165, 1.54) is 6.20 Å². The van der Waals surface area contributed by atoms with E-state index >= 15 is 0 Å². The molecular weight excluding hydrogens is 318 g/mol. The molecular formula is C15H16BrN3O. The lowest BCUT2D eigenvalue weighted by molar-refractivity contribution is 0.102. The number of hydrogen-bond donors (Lipinski definition) is 2. The fraction of sp³-hybridized carbons (Fsp3) is 0.200. The molecule has 0 radical (unpaired) electrons. The Morgan fingerprint density at radius 1 is 1.25 bits per heavy atom. The number of nitrogen functional groups attached to an aromatic ring is 1. The van der Waals surface area contributed by atoms with Crippen molar-refractivity contribution in [2.24, 2.45) is 0 Å². The highest BCUT2D eigenvalue weighted by atomic mass is 79.9. The fourth-order valence-corrected chi connectivity index (χ4v) is 2.80. The van der Waals surface area contributed by atoms with Crippen molar-refractivity contribution in [1.29, 1.82) is 0 Å². The van der Waals surface area contributed by atoms with Gasteiger partial charge in [-0.3, -0.25) is 9.78 Å². The van der Waals surface area contributed by atoms with Crippen molar-refractivity contribution < 1.29 is 4.79 Å². The normalized spacial score (nSPS) is 10.4. The summed E-state index contributed by atoms with van der Waals surface area (Å²) in [5.74, 6) is -0.261. The SMILES string of the molecule is Cc1cc(C)c(NC(=O)c2cnc(C)cc2N)c(Br)c1. The summed E-state index contributed by atoms with van der Waals surface area (Å²) in [4.78, 5) is 16.4. The van der Waals surface area contributed by atoms with Crippen LogP contribution in [-0.4, -0.2) is 10.9 Å². The summed E-state index contributed by atoms with van der Waals surface area (Å²) in [6, 6.07) is 5.66. The lowest BCUT2D eigenvalue weighted by Crippen LogP contribution is -2.16. The first-order valence-corrected chi connectivity index (χ1v) is 6.98. The van der Waals surface area contributed by atoms with Gasteiger partial charge in [-0.2, -0.15) is 0 Å². The first-order chi connectivity index (χ1) is 9.38. The molecule has 0 aliphatic heterocycles. The Balaban J connectivity index is 2.33. The van der Waals surface area contributed by atoms with E-state index in [1.807, 2.05) is 32.9 Å². The minimum absolute atomic E-state index is 0.261. The zero-order valence-electron chi connectivity index (χ0n) is 11.6. The number of anilines is 2. The lowest BCUT2D eigenvalue weighted by atomic mass is 10.1. The number of carbonyl (C=O) groups excluding carboxylic acids is 1. The van der Waals surface area contributed by atoms with Crippen LogP contribution in [0.5, 0.6) is 0 Å². The van der Waals surface area contributed by atoms with Gasteiger partial charge in [-0.05, 0) is 60.0 Å². The van der Waals surface area contributed by atoms with E-state index in [2.05, 4.69) is 26.2 Å². The van der Waals surface area contributed by atoms with Crippen LogP contribution in [0.4, 0.5) is 11.4 Å². The van der Waals surface area contributed by atoms with E-state index in [-0.39, 0.29) is 5.91 Å². The van der Waals surface area contributed by atoms with Crippen molar-refractivity contribution >= 4 is 33.2 Å². The number of nitrogens with one attached hydrogen (secondary N) is 1. The molecule has 0 unspecified atom stereocenters. The molecule has 2 rings (SSSR count). The molecule has 0 aliphatic carbocycles. The summed E-state index contributed by atoms with van der Waals surface area (Å²) < 4.78 is 0.849. The molecule has 1 amide bonds. The highest BCUT2D eigenvalue weighted by molar-refractivity contribution is 9.10. The van der Waals surface area contributed by atoms with Gasteiger partial charge in [-0.15, -0.1) is 0 Å². The Morgan fingerprint density at radius 2 is 1.95 bits per heavy atom. The summed E-state index contributed by atoms with van der Waals surface area (Å²) in [7, 11) is 0. The predicted molar refractivity (Wildman–Crippen MR) is 85.0 cm³/mol. The van der Waals surface area contributed by atoms with Gasteiger partial charge in [-0.25, -0.2) is 0 Å². The van der Waals surface area contributed by atoms with Crippen molar-refractivity contribution in [3.8, 4) is 0 Å². The third-order valence-electron chi connectivity index (χ3n) is 2.99. The summed E-state index contributed by atoms with van der Waals surface area (Å²) in [6.07, 6.45) is 1.50. The van der Waals surface area contributed by atoms with Gasteiger partial charge in [0.15, 0.2) is 0 Å². The molecule has 0 spiro atoms. The Morgan fingerprint density at radius 3 is 2.55 bits per heavy atom. The number of amides is 1. The van der Waals surface area contributed by atoms with Crippen LogP contribution in [0.25, 0.3) is 0 Å². The molecule has 0 atom stereocenters. The van der Waals surface area contributed by atoms with Gasteiger partial charge >= 0.3 is 0 Å². The Labute approximate surface area is 126 Å². The number of halogens is 1. The summed E-state index contributed by atoms with van der Waals surface area (Å²) in [6.45, 7) is 5.79. The van der Waals surface area contributed by atoms with Gasteiger partial charge in [-0.1, -0.05) is 6.07 Å². The monoisotopic (exact) mass is 333 g/mol. The van der Waals surface area contributed by atoms with Crippen molar-refractivity contribution in [2.75, 3.05) is 11.1 Å². The summed E-state index contributed by atoms with van der Waals surface area (Å²) in [5.41, 5.74) is 10.3. The number of nitrogens with zero attached hydrogens (tertiary/aromatic N) is 1. The number of pyridine rings is 1. The van der Waals surface area contributed by atoms with E-state index in [1.54, 1.807) is 6.07 Å². The summed E-state index contributed by atoms with van der Waals surface area (Å²) in [5, 5.41) is 2.88.